The maximum atomic E-state index is 13.8. The van der Waals surface area contributed by atoms with Crippen molar-refractivity contribution in [1.29, 1.82) is 0 Å². The van der Waals surface area contributed by atoms with Crippen LogP contribution in [0.2, 0.25) is 0 Å². The van der Waals surface area contributed by atoms with Crippen molar-refractivity contribution in [1.82, 2.24) is 24.6 Å². The number of imidazole rings is 1. The van der Waals surface area contributed by atoms with Crippen molar-refractivity contribution in [2.24, 2.45) is 5.92 Å². The summed E-state index contributed by atoms with van der Waals surface area (Å²) >= 11 is 2.13. The Kier molecular flexibility index (Phi) is 9.85. The Bertz CT molecular complexity index is 1380. The van der Waals surface area contributed by atoms with Crippen molar-refractivity contribution in [3.05, 3.63) is 34.2 Å². The molecule has 1 fully saturated rings. The van der Waals surface area contributed by atoms with E-state index in [2.05, 4.69) is 42.6 Å². The second kappa shape index (κ2) is 13.0. The van der Waals surface area contributed by atoms with Crippen molar-refractivity contribution in [2.45, 2.75) is 52.2 Å². The third-order valence-corrected chi connectivity index (χ3v) is 8.45. The summed E-state index contributed by atoms with van der Waals surface area (Å²) in [6.45, 7) is 6.95. The molecule has 3 heterocycles. The Morgan fingerprint density at radius 2 is 2.00 bits per heavy atom. The number of nitrogens with two attached hydrogens (primary N) is 1. The average molecular weight is 690 g/mol. The topological polar surface area (TPSA) is 182 Å². The standard InChI is InChI=1S/C24H32IN6O8P/c1-5-35-21-18-20(28-24(26)29-21)31(12-27-18)22-13(3)19(32)17(38-22)11-37-40(34,30-14(4)23(33)36-6-2)39-16-9-7-15(25)8-10-16/h7-10,12-14,17,19,22,32H,5-6,11H2,1-4H3,(H,30,34)(H2,26,28,29)/t13-,14-,17+,19-,22+,40?/m0/s1. The number of halogens is 1. The van der Waals surface area contributed by atoms with Crippen LogP contribution in [0.15, 0.2) is 30.6 Å². The number of aromatic nitrogens is 4. The number of nitrogens with one attached hydrogen (secondary N) is 1. The Hall–Kier alpha value is -2.56. The van der Waals surface area contributed by atoms with Crippen molar-refractivity contribution < 1.29 is 37.7 Å². The van der Waals surface area contributed by atoms with E-state index in [0.29, 0.717) is 17.8 Å². The lowest BCUT2D eigenvalue weighted by atomic mass is 10.0. The van der Waals surface area contributed by atoms with Crippen molar-refractivity contribution in [3.63, 3.8) is 0 Å². The zero-order valence-corrected chi connectivity index (χ0v) is 25.4. The minimum absolute atomic E-state index is 0.000683. The number of carbonyl (C=O) groups excluding carboxylic acids is 1. The second-order valence-electron chi connectivity index (χ2n) is 9.00. The van der Waals surface area contributed by atoms with Crippen LogP contribution in [0, 0.1) is 9.49 Å². The molecule has 1 aromatic carbocycles. The Morgan fingerprint density at radius 3 is 2.67 bits per heavy atom. The predicted molar refractivity (Wildman–Crippen MR) is 153 cm³/mol. The maximum Gasteiger partial charge on any atom is 0.459 e. The first kappa shape index (κ1) is 30.4. The number of benzene rings is 1. The van der Waals surface area contributed by atoms with E-state index in [4.69, 9.17) is 29.0 Å². The largest absolute Gasteiger partial charge is 0.476 e. The fourth-order valence-corrected chi connectivity index (χ4v) is 5.99. The van der Waals surface area contributed by atoms with Crippen LogP contribution in [-0.2, 0) is 23.4 Å². The van der Waals surface area contributed by atoms with Gasteiger partial charge in [-0.05, 0) is 67.6 Å². The van der Waals surface area contributed by atoms with Crippen LogP contribution >= 0.6 is 30.3 Å². The van der Waals surface area contributed by atoms with E-state index in [-0.39, 0.29) is 30.8 Å². The molecule has 0 radical (unpaired) electrons. The summed E-state index contributed by atoms with van der Waals surface area (Å²) in [7, 11) is -4.15. The van der Waals surface area contributed by atoms with Gasteiger partial charge in [0.05, 0.1) is 32.3 Å². The maximum absolute atomic E-state index is 13.8. The Morgan fingerprint density at radius 1 is 1.27 bits per heavy atom. The lowest BCUT2D eigenvalue weighted by Crippen LogP contribution is -2.36. The summed E-state index contributed by atoms with van der Waals surface area (Å²) in [5, 5.41) is 13.6. The number of hydrogen-bond donors (Lipinski definition) is 3. The van der Waals surface area contributed by atoms with Gasteiger partial charge in [0, 0.05) is 9.49 Å². The predicted octanol–water partition coefficient (Wildman–Crippen LogP) is 3.05. The first-order chi connectivity index (χ1) is 19.0. The van der Waals surface area contributed by atoms with Gasteiger partial charge in [0.1, 0.15) is 24.1 Å². The van der Waals surface area contributed by atoms with Crippen LogP contribution in [-0.4, -0.2) is 68.7 Å². The number of fused-ring (bicyclic) bond motifs is 1. The number of esters is 1. The van der Waals surface area contributed by atoms with E-state index in [1.165, 1.54) is 13.3 Å². The summed E-state index contributed by atoms with van der Waals surface area (Å²) < 4.78 is 44.5. The molecule has 2 aromatic heterocycles. The van der Waals surface area contributed by atoms with Gasteiger partial charge in [-0.3, -0.25) is 13.9 Å². The molecular formula is C24H32IN6O8P. The van der Waals surface area contributed by atoms with Crippen LogP contribution in [0.3, 0.4) is 0 Å². The van der Waals surface area contributed by atoms with Gasteiger partial charge in [-0.15, -0.1) is 0 Å². The molecular weight excluding hydrogens is 658 g/mol. The van der Waals surface area contributed by atoms with Crippen LogP contribution in [0.4, 0.5) is 5.95 Å². The molecule has 1 aliphatic heterocycles. The van der Waals surface area contributed by atoms with Crippen LogP contribution in [0.5, 0.6) is 11.6 Å². The number of ether oxygens (including phenoxy) is 3. The summed E-state index contributed by atoms with van der Waals surface area (Å²) in [6.07, 6.45) is -1.12. The second-order valence-corrected chi connectivity index (χ2v) is 11.9. The van der Waals surface area contributed by atoms with E-state index in [1.807, 2.05) is 6.92 Å². The third kappa shape index (κ3) is 6.83. The van der Waals surface area contributed by atoms with Gasteiger partial charge in [0.2, 0.25) is 11.8 Å². The summed E-state index contributed by atoms with van der Waals surface area (Å²) in [4.78, 5) is 25.0. The number of carbonyl (C=O) groups is 1. The van der Waals surface area contributed by atoms with Crippen LogP contribution < -0.4 is 20.1 Å². The average Bonchev–Trinajstić information content (AvgIpc) is 3.45. The number of rotatable bonds is 12. The molecule has 14 nitrogen and oxygen atoms in total. The first-order valence-corrected chi connectivity index (χ1v) is 15.3. The molecule has 1 saturated heterocycles. The number of anilines is 1. The zero-order valence-electron chi connectivity index (χ0n) is 22.4. The highest BCUT2D eigenvalue weighted by Crippen LogP contribution is 2.46. The fourth-order valence-electron chi connectivity index (χ4n) is 4.13. The Balaban J connectivity index is 1.53. The monoisotopic (exact) mass is 690 g/mol. The van der Waals surface area contributed by atoms with Gasteiger partial charge < -0.3 is 29.6 Å². The van der Waals surface area contributed by atoms with Crippen molar-refractivity contribution >= 4 is 53.4 Å². The Labute approximate surface area is 244 Å². The van der Waals surface area contributed by atoms with Gasteiger partial charge in [0.15, 0.2) is 11.2 Å². The van der Waals surface area contributed by atoms with E-state index in [9.17, 15) is 14.5 Å². The molecule has 0 aliphatic carbocycles. The highest BCUT2D eigenvalue weighted by atomic mass is 127. The summed E-state index contributed by atoms with van der Waals surface area (Å²) in [6, 6.07) is 5.79. The molecule has 0 saturated carbocycles. The molecule has 4 rings (SSSR count). The SMILES string of the molecule is CCOC(=O)[C@H](C)NP(=O)(OC[C@H]1O[C@@H](n2cnc3c(OCC)nc(N)nc32)[C@@H](C)[C@@H]1O)Oc1ccc(I)cc1. The molecule has 0 amide bonds. The molecule has 40 heavy (non-hydrogen) atoms. The van der Waals surface area contributed by atoms with Crippen molar-refractivity contribution in [3.8, 4) is 11.6 Å². The smallest absolute Gasteiger partial charge is 0.459 e. The highest BCUT2D eigenvalue weighted by Gasteiger charge is 2.44. The number of aliphatic hydroxyl groups excluding tert-OH is 1. The highest BCUT2D eigenvalue weighted by molar-refractivity contribution is 14.1. The number of hydrogen-bond acceptors (Lipinski definition) is 12. The third-order valence-electron chi connectivity index (χ3n) is 6.09. The lowest BCUT2D eigenvalue weighted by Gasteiger charge is -2.24. The van der Waals surface area contributed by atoms with E-state index in [0.717, 1.165) is 3.57 Å². The number of nitrogen functional groups attached to an aromatic ring is 1. The minimum Gasteiger partial charge on any atom is -0.476 e. The normalized spacial score (nSPS) is 23.1. The van der Waals surface area contributed by atoms with E-state index < -0.39 is 44.1 Å². The molecule has 16 heteroatoms. The molecule has 0 bridgehead atoms. The number of aliphatic hydroxyl groups is 1. The summed E-state index contributed by atoms with van der Waals surface area (Å²) in [5.41, 5.74) is 6.65. The van der Waals surface area contributed by atoms with E-state index >= 15 is 0 Å². The number of nitrogens with zero attached hydrogens (tertiary/aromatic N) is 4. The quantitative estimate of drug-likeness (QED) is 0.143. The van der Waals surface area contributed by atoms with Gasteiger partial charge >= 0.3 is 13.7 Å². The zero-order chi connectivity index (χ0) is 29.0. The molecule has 0 spiro atoms. The first-order valence-electron chi connectivity index (χ1n) is 12.7. The molecule has 1 aliphatic rings. The van der Waals surface area contributed by atoms with Gasteiger partial charge in [-0.1, -0.05) is 6.92 Å². The molecule has 218 valence electrons. The van der Waals surface area contributed by atoms with Gasteiger partial charge in [-0.25, -0.2) is 9.55 Å². The van der Waals surface area contributed by atoms with Gasteiger partial charge in [-0.2, -0.15) is 15.1 Å². The molecule has 1 unspecified atom stereocenters. The summed E-state index contributed by atoms with van der Waals surface area (Å²) in [5.74, 6) is -0.563. The molecule has 3 aromatic rings. The van der Waals surface area contributed by atoms with Gasteiger partial charge in [0.25, 0.3) is 0 Å². The van der Waals surface area contributed by atoms with Crippen LogP contribution in [0.25, 0.3) is 11.2 Å². The fraction of sp³-hybridized carbons (Fsp3) is 0.500. The van der Waals surface area contributed by atoms with Crippen molar-refractivity contribution in [2.75, 3.05) is 25.6 Å². The van der Waals surface area contributed by atoms with Crippen LogP contribution in [0.1, 0.15) is 33.9 Å². The minimum atomic E-state index is -4.15. The molecule has 4 N–H and O–H groups in total. The molecule has 6 atom stereocenters. The van der Waals surface area contributed by atoms with E-state index in [1.54, 1.807) is 42.7 Å². The lowest BCUT2D eigenvalue weighted by molar-refractivity contribution is -0.144.